The monoisotopic (exact) mass is 170 g/mol. The van der Waals surface area contributed by atoms with Crippen LogP contribution in [-0.4, -0.2) is 23.2 Å². The zero-order valence-corrected chi connectivity index (χ0v) is 7.53. The maximum absolute atomic E-state index is 10.9. The Labute approximate surface area is 72.2 Å². The topological polar surface area (TPSA) is 73.1 Å². The van der Waals surface area contributed by atoms with Gasteiger partial charge in [0.25, 0.3) is 0 Å². The highest BCUT2D eigenvalue weighted by molar-refractivity contribution is 5.80. The molecule has 0 heterocycles. The van der Waals surface area contributed by atoms with E-state index in [0.29, 0.717) is 0 Å². The molecule has 0 aromatic carbocycles. The van der Waals surface area contributed by atoms with Crippen molar-refractivity contribution in [1.82, 2.24) is 5.32 Å². The van der Waals surface area contributed by atoms with Gasteiger partial charge < -0.3 is 10.4 Å². The molecule has 0 aliphatic carbocycles. The maximum atomic E-state index is 10.9. The molecule has 0 aromatic rings. The van der Waals surface area contributed by atoms with Crippen LogP contribution in [0.2, 0.25) is 0 Å². The van der Waals surface area contributed by atoms with Crippen molar-refractivity contribution in [1.29, 1.82) is 5.26 Å². The molecular formula is C8H14N2O2. The van der Waals surface area contributed by atoms with E-state index in [9.17, 15) is 4.79 Å². The van der Waals surface area contributed by atoms with E-state index in [1.807, 2.05) is 19.9 Å². The number of amides is 1. The van der Waals surface area contributed by atoms with Crippen molar-refractivity contribution in [3.8, 4) is 6.07 Å². The number of nitrogens with zero attached hydrogens (tertiary/aromatic N) is 1. The number of carbonyl (C=O) groups is 1. The van der Waals surface area contributed by atoms with Gasteiger partial charge in [0.2, 0.25) is 5.91 Å². The van der Waals surface area contributed by atoms with Crippen molar-refractivity contribution in [3.05, 3.63) is 0 Å². The normalized spacial score (nSPS) is 15.0. The van der Waals surface area contributed by atoms with E-state index in [-0.39, 0.29) is 5.92 Å². The van der Waals surface area contributed by atoms with Gasteiger partial charge in [-0.25, -0.2) is 0 Å². The summed E-state index contributed by atoms with van der Waals surface area (Å²) in [5.74, 6) is -0.451. The van der Waals surface area contributed by atoms with Gasteiger partial charge in [-0.1, -0.05) is 13.8 Å². The molecular weight excluding hydrogens is 156 g/mol. The summed E-state index contributed by atoms with van der Waals surface area (Å²) in [7, 11) is 0. The number of nitrogens with one attached hydrogen (secondary N) is 1. The van der Waals surface area contributed by atoms with E-state index < -0.39 is 18.1 Å². The fourth-order valence-corrected chi connectivity index (χ4v) is 0.622. The SMILES string of the molecule is CC(O)C(=O)NC(C#N)C(C)C. The van der Waals surface area contributed by atoms with Gasteiger partial charge in [-0.3, -0.25) is 4.79 Å². The van der Waals surface area contributed by atoms with Crippen LogP contribution in [0.4, 0.5) is 0 Å². The predicted octanol–water partition coefficient (Wildman–Crippen LogP) is 0.0316. The first-order chi connectivity index (χ1) is 5.49. The summed E-state index contributed by atoms with van der Waals surface area (Å²) < 4.78 is 0. The van der Waals surface area contributed by atoms with E-state index in [4.69, 9.17) is 10.4 Å². The predicted molar refractivity (Wildman–Crippen MR) is 44.1 cm³/mol. The molecule has 0 spiro atoms. The number of carbonyl (C=O) groups excluding carboxylic acids is 1. The number of aliphatic hydroxyl groups is 1. The summed E-state index contributed by atoms with van der Waals surface area (Å²) in [5, 5.41) is 19.8. The van der Waals surface area contributed by atoms with Crippen LogP contribution in [0.1, 0.15) is 20.8 Å². The average Bonchev–Trinajstić information content (AvgIpc) is 1.98. The smallest absolute Gasteiger partial charge is 0.249 e. The molecule has 2 N–H and O–H groups in total. The first kappa shape index (κ1) is 10.9. The van der Waals surface area contributed by atoms with Gasteiger partial charge in [0, 0.05) is 0 Å². The Bertz CT molecular complexity index is 194. The fourth-order valence-electron chi connectivity index (χ4n) is 0.622. The number of aliphatic hydroxyl groups excluding tert-OH is 1. The molecule has 0 aliphatic heterocycles. The highest BCUT2D eigenvalue weighted by Crippen LogP contribution is 1.99. The summed E-state index contributed by atoms with van der Waals surface area (Å²) in [6.07, 6.45) is -1.06. The van der Waals surface area contributed by atoms with E-state index in [0.717, 1.165) is 0 Å². The van der Waals surface area contributed by atoms with Gasteiger partial charge in [-0.15, -0.1) is 0 Å². The third-order valence-corrected chi connectivity index (χ3v) is 1.48. The molecule has 12 heavy (non-hydrogen) atoms. The number of hydrogen-bond acceptors (Lipinski definition) is 3. The van der Waals surface area contributed by atoms with Crippen molar-refractivity contribution >= 4 is 5.91 Å². The lowest BCUT2D eigenvalue weighted by Crippen LogP contribution is -2.42. The first-order valence-corrected chi connectivity index (χ1v) is 3.87. The Morgan fingerprint density at radius 3 is 2.25 bits per heavy atom. The van der Waals surface area contributed by atoms with Gasteiger partial charge in [0.05, 0.1) is 6.07 Å². The lowest BCUT2D eigenvalue weighted by molar-refractivity contribution is -0.129. The van der Waals surface area contributed by atoms with Gasteiger partial charge in [0.15, 0.2) is 0 Å². The zero-order chi connectivity index (χ0) is 9.72. The third-order valence-electron chi connectivity index (χ3n) is 1.48. The average molecular weight is 170 g/mol. The summed E-state index contributed by atoms with van der Waals surface area (Å²) in [6.45, 7) is 5.02. The largest absolute Gasteiger partial charge is 0.384 e. The molecule has 0 saturated carbocycles. The van der Waals surface area contributed by atoms with Crippen molar-refractivity contribution in [2.45, 2.75) is 32.9 Å². The molecule has 2 unspecified atom stereocenters. The summed E-state index contributed by atoms with van der Waals surface area (Å²) in [6, 6.07) is 1.42. The number of rotatable bonds is 3. The van der Waals surface area contributed by atoms with Gasteiger partial charge in [0.1, 0.15) is 12.1 Å². The molecule has 2 atom stereocenters. The summed E-state index contributed by atoms with van der Waals surface area (Å²) in [5.41, 5.74) is 0. The Balaban J connectivity index is 4.06. The van der Waals surface area contributed by atoms with Crippen LogP contribution in [-0.2, 0) is 4.79 Å². The molecule has 1 amide bonds. The molecule has 0 aliphatic rings. The summed E-state index contributed by atoms with van der Waals surface area (Å²) in [4.78, 5) is 10.9. The van der Waals surface area contributed by atoms with E-state index >= 15 is 0 Å². The van der Waals surface area contributed by atoms with Crippen LogP contribution in [0.25, 0.3) is 0 Å². The van der Waals surface area contributed by atoms with Crippen molar-refractivity contribution in [3.63, 3.8) is 0 Å². The Morgan fingerprint density at radius 1 is 1.50 bits per heavy atom. The van der Waals surface area contributed by atoms with E-state index in [1.54, 1.807) is 0 Å². The molecule has 0 bridgehead atoms. The van der Waals surface area contributed by atoms with Gasteiger partial charge in [-0.2, -0.15) is 5.26 Å². The quantitative estimate of drug-likeness (QED) is 0.627. The van der Waals surface area contributed by atoms with Crippen molar-refractivity contribution in [2.24, 2.45) is 5.92 Å². The third kappa shape index (κ3) is 3.35. The molecule has 0 saturated heterocycles. The Kier molecular flexibility index (Phi) is 4.30. The Hall–Kier alpha value is -1.08. The minimum absolute atomic E-state index is 0.0534. The van der Waals surface area contributed by atoms with Crippen LogP contribution in [0.15, 0.2) is 0 Å². The highest BCUT2D eigenvalue weighted by atomic mass is 16.3. The van der Waals surface area contributed by atoms with Crippen molar-refractivity contribution in [2.75, 3.05) is 0 Å². The number of nitriles is 1. The minimum atomic E-state index is -1.06. The zero-order valence-electron chi connectivity index (χ0n) is 7.53. The van der Waals surface area contributed by atoms with E-state index in [1.165, 1.54) is 6.92 Å². The molecule has 0 aromatic heterocycles. The fraction of sp³-hybridized carbons (Fsp3) is 0.750. The van der Waals surface area contributed by atoms with Gasteiger partial charge in [-0.05, 0) is 12.8 Å². The molecule has 4 nitrogen and oxygen atoms in total. The molecule has 0 rings (SSSR count). The second-order valence-electron chi connectivity index (χ2n) is 3.04. The van der Waals surface area contributed by atoms with Crippen LogP contribution >= 0.6 is 0 Å². The van der Waals surface area contributed by atoms with Crippen molar-refractivity contribution < 1.29 is 9.90 Å². The van der Waals surface area contributed by atoms with Crippen LogP contribution in [0.5, 0.6) is 0 Å². The molecule has 68 valence electrons. The van der Waals surface area contributed by atoms with E-state index in [2.05, 4.69) is 5.32 Å². The molecule has 4 heteroatoms. The highest BCUT2D eigenvalue weighted by Gasteiger charge is 2.17. The Morgan fingerprint density at radius 2 is 2.00 bits per heavy atom. The first-order valence-electron chi connectivity index (χ1n) is 3.87. The minimum Gasteiger partial charge on any atom is -0.384 e. The number of hydrogen-bond donors (Lipinski definition) is 2. The van der Waals surface area contributed by atoms with Crippen LogP contribution in [0, 0.1) is 17.2 Å². The van der Waals surface area contributed by atoms with Crippen LogP contribution < -0.4 is 5.32 Å². The molecule has 0 radical (unpaired) electrons. The van der Waals surface area contributed by atoms with Crippen LogP contribution in [0.3, 0.4) is 0 Å². The standard InChI is InChI=1S/C8H14N2O2/c1-5(2)7(4-9)10-8(12)6(3)11/h5-7,11H,1-3H3,(H,10,12). The van der Waals surface area contributed by atoms with Gasteiger partial charge >= 0.3 is 0 Å². The second-order valence-corrected chi connectivity index (χ2v) is 3.04. The lowest BCUT2D eigenvalue weighted by Gasteiger charge is -2.15. The summed E-state index contributed by atoms with van der Waals surface area (Å²) >= 11 is 0. The second kappa shape index (κ2) is 4.73. The molecule has 0 fully saturated rings. The maximum Gasteiger partial charge on any atom is 0.249 e. The lowest BCUT2D eigenvalue weighted by atomic mass is 10.1.